The Morgan fingerprint density at radius 3 is 2.70 bits per heavy atom. The Hall–Kier alpha value is -3.58. The second kappa shape index (κ2) is 8.42. The fraction of sp³-hybridized carbons (Fsp3) is 0.217. The Bertz CT molecular complexity index is 1170. The summed E-state index contributed by atoms with van der Waals surface area (Å²) in [7, 11) is 0. The Balaban J connectivity index is 1.64. The first-order valence-electron chi connectivity index (χ1n) is 9.93. The quantitative estimate of drug-likeness (QED) is 0.518. The lowest BCUT2D eigenvalue weighted by Crippen LogP contribution is -2.40. The molecule has 0 spiro atoms. The molecule has 4 aromatic rings. The van der Waals surface area contributed by atoms with Crippen LogP contribution in [0.25, 0.3) is 28.2 Å². The lowest BCUT2D eigenvalue weighted by Gasteiger charge is -2.16. The smallest absolute Gasteiger partial charge is 0.251 e. The molecule has 0 aliphatic rings. The number of nitrogens with one attached hydrogen (secondary N) is 1. The molecule has 152 valence electrons. The van der Waals surface area contributed by atoms with Gasteiger partial charge in [-0.25, -0.2) is 9.50 Å². The topological polar surface area (TPSA) is 98.2 Å². The van der Waals surface area contributed by atoms with Crippen LogP contribution in [0.4, 0.5) is 0 Å². The number of carbonyl (C=O) groups excluding carboxylic acids is 1. The maximum Gasteiger partial charge on any atom is 0.251 e. The molecule has 0 radical (unpaired) electrons. The van der Waals surface area contributed by atoms with E-state index in [0.717, 1.165) is 16.8 Å². The number of pyridine rings is 1. The molecule has 30 heavy (non-hydrogen) atoms. The molecule has 4 rings (SSSR count). The van der Waals surface area contributed by atoms with Crippen LogP contribution in [0.15, 0.2) is 67.1 Å². The zero-order valence-electron chi connectivity index (χ0n) is 17.0. The molecule has 0 bridgehead atoms. The molecule has 0 fully saturated rings. The monoisotopic (exact) mass is 400 g/mol. The average molecular weight is 400 g/mol. The van der Waals surface area contributed by atoms with Crippen molar-refractivity contribution in [3.05, 3.63) is 72.7 Å². The van der Waals surface area contributed by atoms with Crippen LogP contribution in [0, 0.1) is 5.92 Å². The molecule has 7 nitrogen and oxygen atoms in total. The minimum Gasteiger partial charge on any atom is -0.350 e. The van der Waals surface area contributed by atoms with E-state index < -0.39 is 0 Å². The third-order valence-electron chi connectivity index (χ3n) is 5.09. The second-order valence-corrected chi connectivity index (χ2v) is 7.55. The maximum absolute atomic E-state index is 12.6. The molecule has 3 N–H and O–H groups in total. The van der Waals surface area contributed by atoms with E-state index in [1.807, 2.05) is 56.4 Å². The molecule has 3 heterocycles. The van der Waals surface area contributed by atoms with Crippen LogP contribution in [0.5, 0.6) is 0 Å². The minimum absolute atomic E-state index is 0.0875. The Kier molecular flexibility index (Phi) is 5.54. The van der Waals surface area contributed by atoms with Gasteiger partial charge < -0.3 is 11.1 Å². The molecule has 0 saturated heterocycles. The summed E-state index contributed by atoms with van der Waals surface area (Å²) in [6.45, 7) is 4.49. The van der Waals surface area contributed by atoms with E-state index in [1.54, 1.807) is 29.0 Å². The number of carbonyl (C=O) groups is 1. The summed E-state index contributed by atoms with van der Waals surface area (Å²) < 4.78 is 1.71. The fourth-order valence-electron chi connectivity index (χ4n) is 3.09. The van der Waals surface area contributed by atoms with Gasteiger partial charge in [0.1, 0.15) is 0 Å². The number of aromatic nitrogens is 4. The molecular formula is C23H24N6O. The predicted octanol–water partition coefficient (Wildman–Crippen LogP) is 3.17. The zero-order chi connectivity index (χ0) is 21.1. The second-order valence-electron chi connectivity index (χ2n) is 7.55. The molecule has 1 aromatic carbocycles. The van der Waals surface area contributed by atoms with E-state index in [-0.39, 0.29) is 11.9 Å². The summed E-state index contributed by atoms with van der Waals surface area (Å²) in [5.41, 5.74) is 10.5. The van der Waals surface area contributed by atoms with Crippen LogP contribution >= 0.6 is 0 Å². The van der Waals surface area contributed by atoms with Gasteiger partial charge >= 0.3 is 0 Å². The molecule has 1 unspecified atom stereocenters. The third kappa shape index (κ3) is 4.06. The van der Waals surface area contributed by atoms with Crippen molar-refractivity contribution >= 4 is 11.6 Å². The van der Waals surface area contributed by atoms with E-state index >= 15 is 0 Å². The molecule has 0 aliphatic heterocycles. The lowest BCUT2D eigenvalue weighted by molar-refractivity contribution is 0.0949. The van der Waals surface area contributed by atoms with Gasteiger partial charge in [-0.2, -0.15) is 5.10 Å². The van der Waals surface area contributed by atoms with Gasteiger partial charge in [-0.3, -0.25) is 9.78 Å². The Morgan fingerprint density at radius 1 is 1.13 bits per heavy atom. The number of fused-ring (bicyclic) bond motifs is 1. The SMILES string of the molecule is CC(C)C(N)CNC(=O)c1ccnc(-c2cnn3ccc(-c4ccccc4)nc23)c1. The Morgan fingerprint density at radius 2 is 1.93 bits per heavy atom. The van der Waals surface area contributed by atoms with Crippen molar-refractivity contribution in [2.45, 2.75) is 19.9 Å². The largest absolute Gasteiger partial charge is 0.350 e. The van der Waals surface area contributed by atoms with Gasteiger partial charge in [0.05, 0.1) is 23.1 Å². The summed E-state index contributed by atoms with van der Waals surface area (Å²) in [6, 6.07) is 15.2. The number of benzene rings is 1. The number of rotatable bonds is 6. The molecule has 0 saturated carbocycles. The molecule has 1 atom stereocenters. The zero-order valence-corrected chi connectivity index (χ0v) is 17.0. The molecule has 3 aromatic heterocycles. The van der Waals surface area contributed by atoms with E-state index in [4.69, 9.17) is 10.7 Å². The maximum atomic E-state index is 12.6. The highest BCUT2D eigenvalue weighted by molar-refractivity contribution is 5.95. The average Bonchev–Trinajstić information content (AvgIpc) is 3.21. The normalized spacial score (nSPS) is 12.3. The summed E-state index contributed by atoms with van der Waals surface area (Å²) in [6.07, 6.45) is 5.21. The van der Waals surface area contributed by atoms with Gasteiger partial charge in [-0.05, 0) is 24.1 Å². The standard InChI is InChI=1S/C23H24N6O/c1-15(2)19(24)14-26-23(30)17-8-10-25-21(12-17)18-13-27-29-11-9-20(28-22(18)29)16-6-4-3-5-7-16/h3-13,15,19H,14,24H2,1-2H3,(H,26,30). The van der Waals surface area contributed by atoms with Crippen LogP contribution in [0.3, 0.4) is 0 Å². The summed E-state index contributed by atoms with van der Waals surface area (Å²) in [4.78, 5) is 21.8. The number of hydrogen-bond donors (Lipinski definition) is 2. The van der Waals surface area contributed by atoms with E-state index in [2.05, 4.69) is 15.4 Å². The van der Waals surface area contributed by atoms with Gasteiger partial charge in [-0.15, -0.1) is 0 Å². The first kappa shape index (κ1) is 19.7. The molecule has 7 heteroatoms. The lowest BCUT2D eigenvalue weighted by atomic mass is 10.1. The van der Waals surface area contributed by atoms with Crippen molar-refractivity contribution in [1.82, 2.24) is 24.9 Å². The summed E-state index contributed by atoms with van der Waals surface area (Å²) in [5.74, 6) is 0.117. The minimum atomic E-state index is -0.177. The molecular weight excluding hydrogens is 376 g/mol. The van der Waals surface area contributed by atoms with Gasteiger partial charge in [0, 0.05) is 36.1 Å². The Labute approximate surface area is 175 Å². The van der Waals surface area contributed by atoms with E-state index in [9.17, 15) is 4.79 Å². The van der Waals surface area contributed by atoms with Crippen molar-refractivity contribution in [1.29, 1.82) is 0 Å². The van der Waals surface area contributed by atoms with Gasteiger partial charge in [0.2, 0.25) is 0 Å². The molecule has 0 aliphatic carbocycles. The highest BCUT2D eigenvalue weighted by Crippen LogP contribution is 2.25. The highest BCUT2D eigenvalue weighted by Gasteiger charge is 2.15. The van der Waals surface area contributed by atoms with E-state index in [0.29, 0.717) is 29.4 Å². The number of nitrogens with two attached hydrogens (primary N) is 1. The fourth-order valence-corrected chi connectivity index (χ4v) is 3.09. The van der Waals surface area contributed by atoms with Crippen molar-refractivity contribution in [2.75, 3.05) is 6.54 Å². The van der Waals surface area contributed by atoms with Crippen LogP contribution < -0.4 is 11.1 Å². The van der Waals surface area contributed by atoms with Crippen molar-refractivity contribution in [3.8, 4) is 22.5 Å². The highest BCUT2D eigenvalue weighted by atomic mass is 16.1. The van der Waals surface area contributed by atoms with Crippen molar-refractivity contribution in [3.63, 3.8) is 0 Å². The van der Waals surface area contributed by atoms with Crippen LogP contribution in [-0.4, -0.2) is 38.1 Å². The predicted molar refractivity (Wildman–Crippen MR) is 117 cm³/mol. The third-order valence-corrected chi connectivity index (χ3v) is 5.09. The van der Waals surface area contributed by atoms with Crippen molar-refractivity contribution < 1.29 is 4.79 Å². The van der Waals surface area contributed by atoms with Crippen molar-refractivity contribution in [2.24, 2.45) is 11.7 Å². The van der Waals surface area contributed by atoms with Crippen LogP contribution in [0.1, 0.15) is 24.2 Å². The summed E-state index contributed by atoms with van der Waals surface area (Å²) in [5, 5.41) is 7.27. The van der Waals surface area contributed by atoms with E-state index in [1.165, 1.54) is 0 Å². The number of amides is 1. The van der Waals surface area contributed by atoms with Gasteiger partial charge in [-0.1, -0.05) is 44.2 Å². The number of hydrogen-bond acceptors (Lipinski definition) is 5. The molecule has 1 amide bonds. The first-order chi connectivity index (χ1) is 14.5. The van der Waals surface area contributed by atoms with Gasteiger partial charge in [0.25, 0.3) is 5.91 Å². The van der Waals surface area contributed by atoms with Gasteiger partial charge in [0.15, 0.2) is 5.65 Å². The summed E-state index contributed by atoms with van der Waals surface area (Å²) >= 11 is 0. The first-order valence-corrected chi connectivity index (χ1v) is 9.93. The van der Waals surface area contributed by atoms with Crippen LogP contribution in [0.2, 0.25) is 0 Å². The number of nitrogens with zero attached hydrogens (tertiary/aromatic N) is 4. The van der Waals surface area contributed by atoms with Crippen LogP contribution in [-0.2, 0) is 0 Å².